The molecule has 2 aromatic carbocycles. The highest BCUT2D eigenvalue weighted by Gasteiger charge is 2.07. The molecule has 0 aliphatic rings. The van der Waals surface area contributed by atoms with Gasteiger partial charge in [-0.05, 0) is 25.0 Å². The van der Waals surface area contributed by atoms with Crippen LogP contribution >= 0.6 is 11.6 Å². The Morgan fingerprint density at radius 1 is 0.739 bits per heavy atom. The fourth-order valence-corrected chi connectivity index (χ4v) is 2.73. The van der Waals surface area contributed by atoms with Crippen LogP contribution < -0.4 is 9.47 Å². The lowest BCUT2D eigenvalue weighted by Crippen LogP contribution is -2.01. The fraction of sp³-hybridized carbons (Fsp3) is 0.500. The van der Waals surface area contributed by atoms with E-state index in [2.05, 4.69) is 19.1 Å². The molecule has 2 nitrogen and oxygen atoms in total. The van der Waals surface area contributed by atoms with Gasteiger partial charge >= 0.3 is 0 Å². The van der Waals surface area contributed by atoms with Gasteiger partial charge in [0.15, 0.2) is 0 Å². The van der Waals surface area contributed by atoms with Crippen molar-refractivity contribution in [2.45, 2.75) is 45.4 Å². The molecule has 0 aliphatic carbocycles. The van der Waals surface area contributed by atoms with E-state index in [9.17, 15) is 0 Å². The van der Waals surface area contributed by atoms with Crippen molar-refractivity contribution in [1.82, 2.24) is 0 Å². The maximum Gasteiger partial charge on any atom is 0.127 e. The van der Waals surface area contributed by atoms with E-state index in [0.717, 1.165) is 41.7 Å². The molecule has 0 bridgehead atoms. The van der Waals surface area contributed by atoms with Crippen molar-refractivity contribution in [1.29, 1.82) is 0 Å². The Bertz CT molecular complexity index is 583. The first-order valence-electron chi connectivity index (χ1n) is 8.70. The number of hydrogen-bond donors (Lipinski definition) is 0. The minimum Gasteiger partial charge on any atom is -0.493 e. The van der Waals surface area contributed by atoms with Gasteiger partial charge in [-0.3, -0.25) is 0 Å². The molecule has 0 amide bonds. The van der Waals surface area contributed by atoms with Gasteiger partial charge < -0.3 is 9.47 Å². The summed E-state index contributed by atoms with van der Waals surface area (Å²) in [5.41, 5.74) is 0. The van der Waals surface area contributed by atoms with Crippen LogP contribution in [-0.4, -0.2) is 19.1 Å². The van der Waals surface area contributed by atoms with Gasteiger partial charge in [0.25, 0.3) is 0 Å². The fourth-order valence-electron chi connectivity index (χ4n) is 2.62. The summed E-state index contributed by atoms with van der Waals surface area (Å²) < 4.78 is 11.8. The zero-order chi connectivity index (χ0) is 16.3. The summed E-state index contributed by atoms with van der Waals surface area (Å²) >= 11 is 5.71. The lowest BCUT2D eigenvalue weighted by atomic mass is 10.1. The number of fused-ring (bicyclic) bond motifs is 1. The van der Waals surface area contributed by atoms with Crippen LogP contribution in [0, 0.1) is 0 Å². The predicted octanol–water partition coefficient (Wildman–Crippen LogP) is 6.20. The van der Waals surface area contributed by atoms with E-state index in [-0.39, 0.29) is 0 Å². The minimum absolute atomic E-state index is 0.622. The van der Waals surface area contributed by atoms with Crippen LogP contribution in [0.2, 0.25) is 0 Å². The average molecular weight is 335 g/mol. The second-order valence-corrected chi connectivity index (χ2v) is 6.14. The molecule has 126 valence electrons. The van der Waals surface area contributed by atoms with E-state index in [1.807, 2.05) is 24.3 Å². The molecule has 0 saturated carbocycles. The molecule has 0 spiro atoms. The van der Waals surface area contributed by atoms with E-state index in [4.69, 9.17) is 21.1 Å². The molecule has 0 aromatic heterocycles. The zero-order valence-electron chi connectivity index (χ0n) is 14.0. The van der Waals surface area contributed by atoms with E-state index >= 15 is 0 Å². The third-order valence-electron chi connectivity index (χ3n) is 3.89. The Labute approximate surface area is 144 Å². The number of benzene rings is 2. The van der Waals surface area contributed by atoms with Crippen molar-refractivity contribution in [3.63, 3.8) is 0 Å². The lowest BCUT2D eigenvalue weighted by Gasteiger charge is -2.13. The number of unbranched alkanes of at least 4 members (excludes halogenated alkanes) is 4. The average Bonchev–Trinajstić information content (AvgIpc) is 2.59. The molecule has 0 atom stereocenters. The molecule has 0 unspecified atom stereocenters. The molecular formula is C20H27ClO2. The largest absolute Gasteiger partial charge is 0.493 e. The normalized spacial score (nSPS) is 10.9. The SMILES string of the molecule is CCCCCCCOc1ccc(OCCCCl)c2ccccc12. The Morgan fingerprint density at radius 3 is 1.87 bits per heavy atom. The predicted molar refractivity (Wildman–Crippen MR) is 99.0 cm³/mol. The summed E-state index contributed by atoms with van der Waals surface area (Å²) in [7, 11) is 0. The Kier molecular flexibility index (Phi) is 8.10. The van der Waals surface area contributed by atoms with E-state index in [0.29, 0.717) is 12.5 Å². The summed E-state index contributed by atoms with van der Waals surface area (Å²) in [4.78, 5) is 0. The van der Waals surface area contributed by atoms with Crippen molar-refractivity contribution in [2.24, 2.45) is 0 Å². The summed E-state index contributed by atoms with van der Waals surface area (Å²) in [6, 6.07) is 12.3. The maximum atomic E-state index is 6.00. The molecule has 0 radical (unpaired) electrons. The highest BCUT2D eigenvalue weighted by molar-refractivity contribution is 6.17. The van der Waals surface area contributed by atoms with Gasteiger partial charge in [0, 0.05) is 16.7 Å². The Morgan fingerprint density at radius 2 is 1.30 bits per heavy atom. The van der Waals surface area contributed by atoms with Crippen LogP contribution in [-0.2, 0) is 0 Å². The smallest absolute Gasteiger partial charge is 0.127 e. The summed E-state index contributed by atoms with van der Waals surface area (Å²) in [5.74, 6) is 2.47. The van der Waals surface area contributed by atoms with Gasteiger partial charge in [0.05, 0.1) is 13.2 Å². The minimum atomic E-state index is 0.622. The van der Waals surface area contributed by atoms with Crippen molar-refractivity contribution >= 4 is 22.4 Å². The highest BCUT2D eigenvalue weighted by atomic mass is 35.5. The van der Waals surface area contributed by atoms with Gasteiger partial charge in [0.2, 0.25) is 0 Å². The topological polar surface area (TPSA) is 18.5 Å². The molecule has 0 heterocycles. The number of ether oxygens (including phenoxy) is 2. The van der Waals surface area contributed by atoms with Crippen LogP contribution in [0.5, 0.6) is 11.5 Å². The van der Waals surface area contributed by atoms with Crippen LogP contribution in [0.3, 0.4) is 0 Å². The van der Waals surface area contributed by atoms with E-state index in [1.54, 1.807) is 0 Å². The first kappa shape index (κ1) is 17.9. The number of halogens is 1. The van der Waals surface area contributed by atoms with E-state index in [1.165, 1.54) is 25.7 Å². The quantitative estimate of drug-likeness (QED) is 0.360. The molecule has 0 saturated heterocycles. The molecule has 3 heteroatoms. The van der Waals surface area contributed by atoms with Crippen LogP contribution in [0.1, 0.15) is 45.4 Å². The second-order valence-electron chi connectivity index (χ2n) is 5.76. The van der Waals surface area contributed by atoms with Crippen molar-refractivity contribution in [2.75, 3.05) is 19.1 Å². The summed E-state index contributed by atoms with van der Waals surface area (Å²) in [6.45, 7) is 3.66. The van der Waals surface area contributed by atoms with E-state index < -0.39 is 0 Å². The maximum absolute atomic E-state index is 6.00. The standard InChI is InChI=1S/C20H27ClO2/c1-2-3-4-5-8-15-22-19-12-13-20(23-16-9-14-21)18-11-7-6-10-17(18)19/h6-7,10-13H,2-5,8-9,14-16H2,1H3. The van der Waals surface area contributed by atoms with Crippen LogP contribution in [0.4, 0.5) is 0 Å². The molecule has 0 N–H and O–H groups in total. The third-order valence-corrected chi connectivity index (χ3v) is 4.15. The molecule has 2 rings (SSSR count). The van der Waals surface area contributed by atoms with Gasteiger partial charge in [-0.15, -0.1) is 11.6 Å². The summed E-state index contributed by atoms with van der Waals surface area (Å²) in [5, 5.41) is 2.22. The second kappa shape index (κ2) is 10.4. The highest BCUT2D eigenvalue weighted by Crippen LogP contribution is 2.33. The lowest BCUT2D eigenvalue weighted by molar-refractivity contribution is 0.305. The van der Waals surface area contributed by atoms with Crippen molar-refractivity contribution < 1.29 is 9.47 Å². The van der Waals surface area contributed by atoms with Crippen molar-refractivity contribution in [3.05, 3.63) is 36.4 Å². The summed E-state index contributed by atoms with van der Waals surface area (Å²) in [6.07, 6.45) is 7.10. The molecule has 2 aromatic rings. The van der Waals surface area contributed by atoms with Crippen molar-refractivity contribution in [3.8, 4) is 11.5 Å². The molecular weight excluding hydrogens is 308 g/mol. The number of alkyl halides is 1. The van der Waals surface area contributed by atoms with Gasteiger partial charge in [-0.25, -0.2) is 0 Å². The molecule has 0 aliphatic heterocycles. The zero-order valence-corrected chi connectivity index (χ0v) is 14.8. The first-order valence-corrected chi connectivity index (χ1v) is 9.23. The Balaban J connectivity index is 1.99. The monoisotopic (exact) mass is 334 g/mol. The number of hydrogen-bond acceptors (Lipinski definition) is 2. The number of rotatable bonds is 11. The third kappa shape index (κ3) is 5.62. The van der Waals surface area contributed by atoms with Crippen LogP contribution in [0.15, 0.2) is 36.4 Å². The van der Waals surface area contributed by atoms with Gasteiger partial charge in [0.1, 0.15) is 11.5 Å². The van der Waals surface area contributed by atoms with Crippen LogP contribution in [0.25, 0.3) is 10.8 Å². The van der Waals surface area contributed by atoms with Gasteiger partial charge in [-0.2, -0.15) is 0 Å². The molecule has 0 fully saturated rings. The first-order chi connectivity index (χ1) is 11.4. The van der Waals surface area contributed by atoms with Gasteiger partial charge in [-0.1, -0.05) is 56.9 Å². The molecule has 23 heavy (non-hydrogen) atoms. The Hall–Kier alpha value is -1.41.